The Hall–Kier alpha value is -2.98. The van der Waals surface area contributed by atoms with Gasteiger partial charge in [-0.1, -0.05) is 48.5 Å². The Balaban J connectivity index is 1.15. The van der Waals surface area contributed by atoms with Gasteiger partial charge in [0.2, 0.25) is 0 Å². The maximum Gasteiger partial charge on any atom is 0.407 e. The highest BCUT2D eigenvalue weighted by molar-refractivity contribution is 5.79. The van der Waals surface area contributed by atoms with E-state index >= 15 is 0 Å². The fourth-order valence-electron chi connectivity index (χ4n) is 3.89. The van der Waals surface area contributed by atoms with Gasteiger partial charge in [0.25, 0.3) is 0 Å². The Morgan fingerprint density at radius 3 is 1.78 bits per heavy atom. The summed E-state index contributed by atoms with van der Waals surface area (Å²) in [5.41, 5.74) is 4.77. The summed E-state index contributed by atoms with van der Waals surface area (Å²) in [6.07, 6.45) is -0.219. The van der Waals surface area contributed by atoms with Crippen LogP contribution in [0, 0.1) is 0 Å². The molecule has 9 heteroatoms. The number of nitrogens with one attached hydrogen (secondary N) is 1. The van der Waals surface area contributed by atoms with Crippen LogP contribution in [0.15, 0.2) is 48.5 Å². The van der Waals surface area contributed by atoms with Gasteiger partial charge in [0.05, 0.1) is 66.4 Å². The standard InChI is InChI=1S/C27H35NO8/c1-31-26(29)10-12-32-14-16-34-18-19-35-17-15-33-13-11-28-27(30)36-20-25-23-8-4-2-6-21(23)22-7-3-5-9-24(22)25/h2-9,25H,10-20H2,1H3,(H,28,30). The van der Waals surface area contributed by atoms with Gasteiger partial charge in [-0.25, -0.2) is 4.79 Å². The first kappa shape index (κ1) is 27.6. The summed E-state index contributed by atoms with van der Waals surface area (Å²) in [7, 11) is 1.35. The summed E-state index contributed by atoms with van der Waals surface area (Å²) in [5, 5.41) is 2.72. The second-order valence-electron chi connectivity index (χ2n) is 8.03. The van der Waals surface area contributed by atoms with E-state index in [2.05, 4.69) is 34.3 Å². The second kappa shape index (κ2) is 15.9. The van der Waals surface area contributed by atoms with Crippen LogP contribution in [0.2, 0.25) is 0 Å². The van der Waals surface area contributed by atoms with Crippen LogP contribution >= 0.6 is 0 Å². The Morgan fingerprint density at radius 1 is 0.722 bits per heavy atom. The molecule has 36 heavy (non-hydrogen) atoms. The largest absolute Gasteiger partial charge is 0.469 e. The summed E-state index contributed by atoms with van der Waals surface area (Å²) in [4.78, 5) is 23.0. The van der Waals surface area contributed by atoms with E-state index in [-0.39, 0.29) is 24.9 Å². The predicted octanol–water partition coefficient (Wildman–Crippen LogP) is 3.15. The maximum atomic E-state index is 12.1. The van der Waals surface area contributed by atoms with E-state index in [0.29, 0.717) is 59.4 Å². The van der Waals surface area contributed by atoms with Gasteiger partial charge in [-0.05, 0) is 22.3 Å². The van der Waals surface area contributed by atoms with Crippen LogP contribution < -0.4 is 5.32 Å². The number of hydrogen-bond donors (Lipinski definition) is 1. The minimum Gasteiger partial charge on any atom is -0.469 e. The number of alkyl carbamates (subject to hydrolysis) is 1. The van der Waals surface area contributed by atoms with Gasteiger partial charge in [-0.15, -0.1) is 0 Å². The number of methoxy groups -OCH3 is 1. The molecule has 9 nitrogen and oxygen atoms in total. The summed E-state index contributed by atoms with van der Waals surface area (Å²) in [6, 6.07) is 16.5. The molecule has 1 N–H and O–H groups in total. The third kappa shape index (κ3) is 8.91. The molecule has 0 spiro atoms. The van der Waals surface area contributed by atoms with Crippen LogP contribution in [0.4, 0.5) is 4.79 Å². The van der Waals surface area contributed by atoms with Gasteiger partial charge in [0.15, 0.2) is 0 Å². The number of hydrogen-bond acceptors (Lipinski definition) is 8. The maximum absolute atomic E-state index is 12.1. The van der Waals surface area contributed by atoms with Gasteiger partial charge in [0, 0.05) is 12.5 Å². The lowest BCUT2D eigenvalue weighted by Gasteiger charge is -2.14. The van der Waals surface area contributed by atoms with E-state index in [1.807, 2.05) is 24.3 Å². The van der Waals surface area contributed by atoms with E-state index < -0.39 is 6.09 Å². The molecule has 0 aliphatic heterocycles. The zero-order valence-electron chi connectivity index (χ0n) is 20.7. The molecule has 3 rings (SSSR count). The minimum atomic E-state index is -0.455. The molecular weight excluding hydrogens is 466 g/mol. The van der Waals surface area contributed by atoms with Crippen molar-refractivity contribution in [2.45, 2.75) is 12.3 Å². The number of amides is 1. The minimum absolute atomic E-state index is 0.0413. The van der Waals surface area contributed by atoms with E-state index in [9.17, 15) is 9.59 Å². The monoisotopic (exact) mass is 501 g/mol. The predicted molar refractivity (Wildman–Crippen MR) is 133 cm³/mol. The number of rotatable bonds is 17. The van der Waals surface area contributed by atoms with Crippen LogP contribution in [-0.2, 0) is 33.2 Å². The summed E-state index contributed by atoms with van der Waals surface area (Å²) < 4.78 is 31.5. The summed E-state index contributed by atoms with van der Waals surface area (Å²) >= 11 is 0. The van der Waals surface area contributed by atoms with Gasteiger partial charge in [-0.3, -0.25) is 4.79 Å². The van der Waals surface area contributed by atoms with Gasteiger partial charge in [0.1, 0.15) is 6.61 Å². The number of carbonyl (C=O) groups is 2. The molecule has 0 bridgehead atoms. The van der Waals surface area contributed by atoms with Crippen LogP contribution in [0.25, 0.3) is 11.1 Å². The molecule has 1 aliphatic carbocycles. The fourth-order valence-corrected chi connectivity index (χ4v) is 3.89. The molecule has 0 radical (unpaired) electrons. The Labute approximate surface area is 212 Å². The van der Waals surface area contributed by atoms with E-state index in [0.717, 1.165) is 0 Å². The number of carbonyl (C=O) groups excluding carboxylic acids is 2. The molecule has 0 unspecified atom stereocenters. The Morgan fingerprint density at radius 2 is 1.22 bits per heavy atom. The van der Waals surface area contributed by atoms with Crippen molar-refractivity contribution < 1.29 is 38.0 Å². The summed E-state index contributed by atoms with van der Waals surface area (Å²) in [5.74, 6) is -0.251. The van der Waals surface area contributed by atoms with Crippen molar-refractivity contribution in [3.8, 4) is 11.1 Å². The number of benzene rings is 2. The number of ether oxygens (including phenoxy) is 6. The third-order valence-electron chi connectivity index (χ3n) is 5.65. The first-order valence-electron chi connectivity index (χ1n) is 12.2. The highest BCUT2D eigenvalue weighted by Gasteiger charge is 2.28. The smallest absolute Gasteiger partial charge is 0.407 e. The normalized spacial score (nSPS) is 12.1. The Bertz CT molecular complexity index is 905. The fraction of sp³-hybridized carbons (Fsp3) is 0.481. The van der Waals surface area contributed by atoms with Gasteiger partial charge >= 0.3 is 12.1 Å². The van der Waals surface area contributed by atoms with E-state index in [4.69, 9.17) is 23.7 Å². The molecule has 0 fully saturated rings. The van der Waals surface area contributed by atoms with Crippen LogP contribution in [0.3, 0.4) is 0 Å². The highest BCUT2D eigenvalue weighted by atomic mass is 16.6. The van der Waals surface area contributed by atoms with Gasteiger partial charge < -0.3 is 33.7 Å². The topological polar surface area (TPSA) is 102 Å². The quantitative estimate of drug-likeness (QED) is 0.261. The van der Waals surface area contributed by atoms with E-state index in [1.165, 1.54) is 29.4 Å². The molecule has 1 aliphatic rings. The van der Waals surface area contributed by atoms with Crippen molar-refractivity contribution in [2.24, 2.45) is 0 Å². The van der Waals surface area contributed by atoms with Crippen molar-refractivity contribution in [3.63, 3.8) is 0 Å². The molecule has 0 aromatic heterocycles. The first-order valence-corrected chi connectivity index (χ1v) is 12.2. The highest BCUT2D eigenvalue weighted by Crippen LogP contribution is 2.44. The van der Waals surface area contributed by atoms with Crippen LogP contribution in [0.1, 0.15) is 23.5 Å². The first-order chi connectivity index (χ1) is 17.7. The SMILES string of the molecule is COC(=O)CCOCCOCCOCCOCCNC(=O)OCC1c2ccccc2-c2ccccc21. The zero-order valence-corrected chi connectivity index (χ0v) is 20.7. The van der Waals surface area contributed by atoms with Crippen LogP contribution in [0.5, 0.6) is 0 Å². The van der Waals surface area contributed by atoms with Crippen molar-refractivity contribution >= 4 is 12.1 Å². The molecular formula is C27H35NO8. The number of esters is 1. The average Bonchev–Trinajstić information content (AvgIpc) is 3.23. The van der Waals surface area contributed by atoms with Gasteiger partial charge in [-0.2, -0.15) is 0 Å². The molecule has 0 heterocycles. The molecule has 0 saturated carbocycles. The molecule has 2 aromatic rings. The average molecular weight is 502 g/mol. The third-order valence-corrected chi connectivity index (χ3v) is 5.65. The van der Waals surface area contributed by atoms with E-state index in [1.54, 1.807) is 0 Å². The lowest BCUT2D eigenvalue weighted by molar-refractivity contribution is -0.141. The van der Waals surface area contributed by atoms with Crippen molar-refractivity contribution in [1.82, 2.24) is 5.32 Å². The lowest BCUT2D eigenvalue weighted by Crippen LogP contribution is -2.29. The molecule has 1 amide bonds. The van der Waals surface area contributed by atoms with Crippen molar-refractivity contribution in [2.75, 3.05) is 73.1 Å². The molecule has 2 aromatic carbocycles. The molecule has 196 valence electrons. The number of fused-ring (bicyclic) bond motifs is 3. The molecule has 0 saturated heterocycles. The van der Waals surface area contributed by atoms with Crippen molar-refractivity contribution in [3.05, 3.63) is 59.7 Å². The lowest BCUT2D eigenvalue weighted by atomic mass is 9.98. The van der Waals surface area contributed by atoms with Crippen LogP contribution in [-0.4, -0.2) is 85.2 Å². The molecule has 0 atom stereocenters. The zero-order chi connectivity index (χ0) is 25.4. The van der Waals surface area contributed by atoms with Crippen molar-refractivity contribution in [1.29, 1.82) is 0 Å². The second-order valence-corrected chi connectivity index (χ2v) is 8.03. The summed E-state index contributed by atoms with van der Waals surface area (Å²) in [6.45, 7) is 3.93. The Kier molecular flexibility index (Phi) is 12.2.